The van der Waals surface area contributed by atoms with Crippen LogP contribution in [0.3, 0.4) is 0 Å². The van der Waals surface area contributed by atoms with Crippen LogP contribution in [-0.2, 0) is 12.3 Å². The van der Waals surface area contributed by atoms with Crippen LogP contribution in [0.15, 0.2) is 33.9 Å². The molecule has 0 saturated heterocycles. The Balaban J connectivity index is 1.63. The summed E-state index contributed by atoms with van der Waals surface area (Å²) < 4.78 is 7.52. The van der Waals surface area contributed by atoms with Gasteiger partial charge in [-0.15, -0.1) is 15.3 Å². The predicted octanol–water partition coefficient (Wildman–Crippen LogP) is 3.12. The van der Waals surface area contributed by atoms with Crippen LogP contribution in [0.25, 0.3) is 11.5 Å². The standard InChI is InChI=1S/C15H18N6OS/c1-3-4-9-21-13(16-19-20-21)10-23-15-18-17-14(22-15)12-7-5-11(2)6-8-12/h5-8H,3-4,9-10H2,1-2H3. The van der Waals surface area contributed by atoms with Gasteiger partial charge in [0, 0.05) is 12.1 Å². The Labute approximate surface area is 138 Å². The van der Waals surface area contributed by atoms with E-state index in [1.807, 2.05) is 35.9 Å². The molecule has 0 aliphatic carbocycles. The van der Waals surface area contributed by atoms with E-state index in [4.69, 9.17) is 4.42 Å². The Morgan fingerprint density at radius 2 is 1.96 bits per heavy atom. The highest BCUT2D eigenvalue weighted by molar-refractivity contribution is 7.98. The van der Waals surface area contributed by atoms with Crippen molar-refractivity contribution in [1.82, 2.24) is 30.4 Å². The first-order valence-electron chi connectivity index (χ1n) is 7.54. The summed E-state index contributed by atoms with van der Waals surface area (Å²) in [6.07, 6.45) is 2.16. The van der Waals surface area contributed by atoms with Crippen LogP contribution in [0.1, 0.15) is 31.2 Å². The van der Waals surface area contributed by atoms with Gasteiger partial charge in [-0.2, -0.15) is 0 Å². The Bertz CT molecular complexity index is 751. The summed E-state index contributed by atoms with van der Waals surface area (Å²) in [4.78, 5) is 0. The lowest BCUT2D eigenvalue weighted by Gasteiger charge is -2.01. The molecule has 0 atom stereocenters. The van der Waals surface area contributed by atoms with Crippen molar-refractivity contribution in [2.75, 3.05) is 0 Å². The predicted molar refractivity (Wildman–Crippen MR) is 86.8 cm³/mol. The second kappa shape index (κ2) is 7.36. The van der Waals surface area contributed by atoms with E-state index in [0.29, 0.717) is 16.9 Å². The molecule has 3 rings (SSSR count). The van der Waals surface area contributed by atoms with Gasteiger partial charge in [0.05, 0.1) is 5.75 Å². The van der Waals surface area contributed by atoms with Gasteiger partial charge in [-0.1, -0.05) is 42.8 Å². The van der Waals surface area contributed by atoms with E-state index in [0.717, 1.165) is 30.8 Å². The summed E-state index contributed by atoms with van der Waals surface area (Å²) in [5.74, 6) is 1.95. The van der Waals surface area contributed by atoms with E-state index in [-0.39, 0.29) is 0 Å². The summed E-state index contributed by atoms with van der Waals surface area (Å²) in [7, 11) is 0. The topological polar surface area (TPSA) is 82.5 Å². The fourth-order valence-corrected chi connectivity index (χ4v) is 2.71. The molecule has 2 aromatic heterocycles. The molecule has 0 unspecified atom stereocenters. The maximum Gasteiger partial charge on any atom is 0.277 e. The molecule has 1 aromatic carbocycles. The van der Waals surface area contributed by atoms with E-state index < -0.39 is 0 Å². The van der Waals surface area contributed by atoms with Crippen molar-refractivity contribution in [2.45, 2.75) is 44.2 Å². The molecule has 0 aliphatic rings. The SMILES string of the molecule is CCCCn1nnnc1CSc1nnc(-c2ccc(C)cc2)o1. The van der Waals surface area contributed by atoms with E-state index in [1.54, 1.807) is 0 Å². The van der Waals surface area contributed by atoms with Crippen LogP contribution in [0.5, 0.6) is 0 Å². The van der Waals surface area contributed by atoms with Crippen LogP contribution >= 0.6 is 11.8 Å². The number of unbranched alkanes of at least 4 members (excludes halogenated alkanes) is 1. The molecule has 0 N–H and O–H groups in total. The molecule has 23 heavy (non-hydrogen) atoms. The molecule has 3 aromatic rings. The van der Waals surface area contributed by atoms with Crippen molar-refractivity contribution in [1.29, 1.82) is 0 Å². The van der Waals surface area contributed by atoms with E-state index in [9.17, 15) is 0 Å². The van der Waals surface area contributed by atoms with Gasteiger partial charge < -0.3 is 4.42 Å². The minimum Gasteiger partial charge on any atom is -0.411 e. The largest absolute Gasteiger partial charge is 0.411 e. The minimum atomic E-state index is 0.519. The van der Waals surface area contributed by atoms with Gasteiger partial charge in [0.2, 0.25) is 5.89 Å². The molecule has 0 amide bonds. The van der Waals surface area contributed by atoms with Gasteiger partial charge in [0.1, 0.15) is 0 Å². The average Bonchev–Trinajstić information content (AvgIpc) is 3.21. The second-order valence-corrected chi connectivity index (χ2v) is 6.13. The first kappa shape index (κ1) is 15.7. The van der Waals surface area contributed by atoms with E-state index in [1.165, 1.54) is 17.3 Å². The lowest BCUT2D eigenvalue weighted by molar-refractivity contribution is 0.465. The molecule has 0 spiro atoms. The number of hydrogen-bond donors (Lipinski definition) is 0. The molecule has 0 radical (unpaired) electrons. The lowest BCUT2D eigenvalue weighted by atomic mass is 10.1. The fraction of sp³-hybridized carbons (Fsp3) is 0.400. The number of rotatable bonds is 7. The zero-order chi connectivity index (χ0) is 16.1. The van der Waals surface area contributed by atoms with Crippen LogP contribution in [-0.4, -0.2) is 30.4 Å². The highest BCUT2D eigenvalue weighted by atomic mass is 32.2. The Hall–Kier alpha value is -2.22. The maximum atomic E-state index is 5.69. The van der Waals surface area contributed by atoms with Gasteiger partial charge >= 0.3 is 0 Å². The fourth-order valence-electron chi connectivity index (χ4n) is 2.02. The van der Waals surface area contributed by atoms with Crippen LogP contribution in [0, 0.1) is 6.92 Å². The number of hydrogen-bond acceptors (Lipinski definition) is 7. The van der Waals surface area contributed by atoms with Crippen LogP contribution < -0.4 is 0 Å². The first-order chi connectivity index (χ1) is 11.3. The third kappa shape index (κ3) is 3.95. The zero-order valence-corrected chi connectivity index (χ0v) is 14.0. The van der Waals surface area contributed by atoms with Crippen molar-refractivity contribution in [3.8, 4) is 11.5 Å². The van der Waals surface area contributed by atoms with Crippen molar-refractivity contribution in [3.05, 3.63) is 35.7 Å². The van der Waals surface area contributed by atoms with E-state index in [2.05, 4.69) is 32.6 Å². The molecular weight excluding hydrogens is 312 g/mol. The molecular formula is C15H18N6OS. The van der Waals surface area contributed by atoms with Crippen LogP contribution in [0.2, 0.25) is 0 Å². The summed E-state index contributed by atoms with van der Waals surface area (Å²) in [5.41, 5.74) is 2.12. The van der Waals surface area contributed by atoms with Crippen molar-refractivity contribution >= 4 is 11.8 Å². The number of thioether (sulfide) groups is 1. The Morgan fingerprint density at radius 3 is 2.74 bits per heavy atom. The third-order valence-electron chi connectivity index (χ3n) is 3.36. The highest BCUT2D eigenvalue weighted by Crippen LogP contribution is 2.25. The van der Waals surface area contributed by atoms with Crippen molar-refractivity contribution < 1.29 is 4.42 Å². The summed E-state index contributed by atoms with van der Waals surface area (Å²) in [6, 6.07) is 7.99. The molecule has 0 aliphatic heterocycles. The zero-order valence-electron chi connectivity index (χ0n) is 13.1. The summed E-state index contributed by atoms with van der Waals surface area (Å²) in [5, 5.41) is 20.5. The number of tetrazole rings is 1. The number of nitrogens with zero attached hydrogens (tertiary/aromatic N) is 6. The molecule has 120 valence electrons. The molecule has 2 heterocycles. The van der Waals surface area contributed by atoms with Gasteiger partial charge in [0.15, 0.2) is 5.82 Å². The number of aromatic nitrogens is 6. The highest BCUT2D eigenvalue weighted by Gasteiger charge is 2.12. The monoisotopic (exact) mass is 330 g/mol. The van der Waals surface area contributed by atoms with Gasteiger partial charge in [-0.05, 0) is 35.9 Å². The normalized spacial score (nSPS) is 11.0. The van der Waals surface area contributed by atoms with E-state index >= 15 is 0 Å². The van der Waals surface area contributed by atoms with Crippen molar-refractivity contribution in [2.24, 2.45) is 0 Å². The molecule has 7 nitrogen and oxygen atoms in total. The molecule has 0 fully saturated rings. The summed E-state index contributed by atoms with van der Waals surface area (Å²) in [6.45, 7) is 5.02. The Morgan fingerprint density at radius 1 is 1.13 bits per heavy atom. The number of benzene rings is 1. The second-order valence-electron chi connectivity index (χ2n) is 5.20. The Kier molecular flexibility index (Phi) is 5.02. The van der Waals surface area contributed by atoms with Crippen molar-refractivity contribution in [3.63, 3.8) is 0 Å². The molecule has 8 heteroatoms. The smallest absolute Gasteiger partial charge is 0.277 e. The molecule has 0 saturated carbocycles. The lowest BCUT2D eigenvalue weighted by Crippen LogP contribution is -2.04. The third-order valence-corrected chi connectivity index (χ3v) is 4.17. The minimum absolute atomic E-state index is 0.519. The average molecular weight is 330 g/mol. The van der Waals surface area contributed by atoms with Gasteiger partial charge in [0.25, 0.3) is 5.22 Å². The summed E-state index contributed by atoms with van der Waals surface area (Å²) >= 11 is 1.44. The maximum absolute atomic E-state index is 5.69. The molecule has 0 bridgehead atoms. The number of aryl methyl sites for hydroxylation is 2. The van der Waals surface area contributed by atoms with Gasteiger partial charge in [-0.3, -0.25) is 0 Å². The first-order valence-corrected chi connectivity index (χ1v) is 8.53. The van der Waals surface area contributed by atoms with Gasteiger partial charge in [-0.25, -0.2) is 4.68 Å². The van der Waals surface area contributed by atoms with Crippen LogP contribution in [0.4, 0.5) is 0 Å². The quantitative estimate of drug-likeness (QED) is 0.615.